The van der Waals surface area contributed by atoms with Crippen molar-refractivity contribution < 1.29 is 14.3 Å². The first-order valence-corrected chi connectivity index (χ1v) is 10.9. The molecule has 1 aliphatic heterocycles. The van der Waals surface area contributed by atoms with Crippen LogP contribution in [0.1, 0.15) is 39.4 Å². The molecule has 1 aromatic heterocycles. The minimum Gasteiger partial charge on any atom is -0.497 e. The molecule has 1 saturated heterocycles. The van der Waals surface area contributed by atoms with Gasteiger partial charge in [0.1, 0.15) is 5.75 Å². The van der Waals surface area contributed by atoms with E-state index in [9.17, 15) is 9.59 Å². The second-order valence-electron chi connectivity index (χ2n) is 7.57. The maximum Gasteiger partial charge on any atom is 0.276 e. The Morgan fingerprint density at radius 3 is 2.45 bits per heavy atom. The molecule has 0 aliphatic carbocycles. The van der Waals surface area contributed by atoms with Crippen LogP contribution in [0.2, 0.25) is 0 Å². The van der Waals surface area contributed by atoms with Gasteiger partial charge in [-0.15, -0.1) is 5.10 Å². The number of piperidine rings is 1. The Morgan fingerprint density at radius 2 is 1.81 bits per heavy atom. The van der Waals surface area contributed by atoms with Crippen LogP contribution in [0.4, 0.5) is 0 Å². The largest absolute Gasteiger partial charge is 0.497 e. The number of carbonyl (C=O) groups excluding carboxylic acids is 2. The Labute approximate surface area is 189 Å². The lowest BCUT2D eigenvalue weighted by atomic mass is 9.88. The summed E-state index contributed by atoms with van der Waals surface area (Å²) in [5.41, 5.74) is 2.56. The molecule has 1 amide bonds. The van der Waals surface area contributed by atoms with Gasteiger partial charge in [0.05, 0.1) is 18.5 Å². The summed E-state index contributed by atoms with van der Waals surface area (Å²) in [6, 6.07) is 14.9. The van der Waals surface area contributed by atoms with E-state index >= 15 is 0 Å². The van der Waals surface area contributed by atoms with Gasteiger partial charge in [-0.1, -0.05) is 27.2 Å². The number of nitrogens with zero attached hydrogens (tertiary/aromatic N) is 4. The highest BCUT2D eigenvalue weighted by Crippen LogP contribution is 2.25. The van der Waals surface area contributed by atoms with E-state index in [1.165, 1.54) is 0 Å². The van der Waals surface area contributed by atoms with Crippen molar-refractivity contribution >= 4 is 27.6 Å². The summed E-state index contributed by atoms with van der Waals surface area (Å²) in [6.07, 6.45) is 1.27. The summed E-state index contributed by atoms with van der Waals surface area (Å²) in [7, 11) is 1.60. The normalized spacial score (nSPS) is 14.5. The third kappa shape index (κ3) is 4.39. The molecule has 0 atom stereocenters. The Hall–Kier alpha value is -3.00. The van der Waals surface area contributed by atoms with Crippen LogP contribution in [0.3, 0.4) is 0 Å². The number of rotatable bonds is 5. The average molecular weight is 483 g/mol. The minimum absolute atomic E-state index is 0.0871. The van der Waals surface area contributed by atoms with Gasteiger partial charge in [-0.25, -0.2) is 4.68 Å². The van der Waals surface area contributed by atoms with E-state index in [4.69, 9.17) is 4.74 Å². The summed E-state index contributed by atoms with van der Waals surface area (Å²) in [6.45, 7) is 2.89. The fourth-order valence-corrected chi connectivity index (χ4v) is 4.25. The van der Waals surface area contributed by atoms with Gasteiger partial charge in [0.2, 0.25) is 0 Å². The third-order valence-electron chi connectivity index (χ3n) is 5.68. The predicted molar refractivity (Wildman–Crippen MR) is 120 cm³/mol. The number of hydrogen-bond acceptors (Lipinski definition) is 5. The van der Waals surface area contributed by atoms with Crippen molar-refractivity contribution in [2.45, 2.75) is 19.8 Å². The molecule has 2 aromatic carbocycles. The van der Waals surface area contributed by atoms with E-state index < -0.39 is 0 Å². The SMILES string of the molecule is COc1ccc(C(=O)C2CCN(C(=O)c3nnn(-c4cccc(Br)c4)c3C)CC2)cc1. The monoisotopic (exact) mass is 482 g/mol. The molecule has 0 saturated carbocycles. The first-order valence-electron chi connectivity index (χ1n) is 10.1. The van der Waals surface area contributed by atoms with Crippen LogP contribution in [0.15, 0.2) is 53.0 Å². The van der Waals surface area contributed by atoms with Crippen molar-refractivity contribution in [1.29, 1.82) is 0 Å². The number of Topliss-reactive ketones (excluding diaryl/α,β-unsaturated/α-hetero) is 1. The molecule has 8 heteroatoms. The Bertz CT molecular complexity index is 1100. The molecule has 7 nitrogen and oxygen atoms in total. The second-order valence-corrected chi connectivity index (χ2v) is 8.49. The molecule has 1 aliphatic rings. The number of ketones is 1. The van der Waals surface area contributed by atoms with Crippen LogP contribution in [-0.4, -0.2) is 51.8 Å². The second kappa shape index (κ2) is 9.01. The van der Waals surface area contributed by atoms with Crippen LogP contribution >= 0.6 is 15.9 Å². The van der Waals surface area contributed by atoms with Gasteiger partial charge in [0.25, 0.3) is 5.91 Å². The summed E-state index contributed by atoms with van der Waals surface area (Å²) in [4.78, 5) is 27.6. The molecular weight excluding hydrogens is 460 g/mol. The molecule has 0 unspecified atom stereocenters. The van der Waals surface area contributed by atoms with Crippen LogP contribution in [0.25, 0.3) is 5.69 Å². The van der Waals surface area contributed by atoms with Crippen molar-refractivity contribution in [3.05, 3.63) is 70.0 Å². The average Bonchev–Trinajstić information content (AvgIpc) is 3.19. The molecule has 160 valence electrons. The van der Waals surface area contributed by atoms with Crippen molar-refractivity contribution in [3.8, 4) is 11.4 Å². The first kappa shape index (κ1) is 21.2. The zero-order valence-corrected chi connectivity index (χ0v) is 19.0. The molecule has 0 radical (unpaired) electrons. The Balaban J connectivity index is 1.42. The minimum atomic E-state index is -0.144. The van der Waals surface area contributed by atoms with E-state index in [0.717, 1.165) is 15.9 Å². The number of hydrogen-bond donors (Lipinski definition) is 0. The molecular formula is C23H23BrN4O3. The molecule has 0 spiro atoms. The molecule has 0 bridgehead atoms. The lowest BCUT2D eigenvalue weighted by Gasteiger charge is -2.31. The van der Waals surface area contributed by atoms with E-state index in [2.05, 4.69) is 26.2 Å². The molecule has 0 N–H and O–H groups in total. The number of methoxy groups -OCH3 is 1. The lowest BCUT2D eigenvalue weighted by molar-refractivity contribution is 0.0645. The summed E-state index contributed by atoms with van der Waals surface area (Å²) >= 11 is 3.45. The van der Waals surface area contributed by atoms with Crippen molar-refractivity contribution in [3.63, 3.8) is 0 Å². The van der Waals surface area contributed by atoms with E-state index in [1.54, 1.807) is 41.0 Å². The van der Waals surface area contributed by atoms with Crippen molar-refractivity contribution in [2.24, 2.45) is 5.92 Å². The van der Waals surface area contributed by atoms with Gasteiger partial charge in [0.15, 0.2) is 11.5 Å². The zero-order valence-electron chi connectivity index (χ0n) is 17.4. The summed E-state index contributed by atoms with van der Waals surface area (Å²) in [5.74, 6) is 0.611. The van der Waals surface area contributed by atoms with E-state index in [0.29, 0.717) is 42.9 Å². The summed E-state index contributed by atoms with van der Waals surface area (Å²) < 4.78 is 7.74. The van der Waals surface area contributed by atoms with Crippen LogP contribution in [0, 0.1) is 12.8 Å². The number of halogens is 1. The van der Waals surface area contributed by atoms with Gasteiger partial charge >= 0.3 is 0 Å². The number of likely N-dealkylation sites (tertiary alicyclic amines) is 1. The predicted octanol–water partition coefficient (Wildman–Crippen LogP) is 4.08. The van der Waals surface area contributed by atoms with Crippen molar-refractivity contribution in [1.82, 2.24) is 19.9 Å². The first-order chi connectivity index (χ1) is 15.0. The van der Waals surface area contributed by atoms with Gasteiger partial charge in [-0.2, -0.15) is 0 Å². The topological polar surface area (TPSA) is 77.3 Å². The van der Waals surface area contributed by atoms with Crippen LogP contribution < -0.4 is 4.74 Å². The molecule has 3 aromatic rings. The number of amides is 1. The van der Waals surface area contributed by atoms with Gasteiger partial charge in [0, 0.05) is 29.0 Å². The maximum atomic E-state index is 13.1. The quantitative estimate of drug-likeness (QED) is 0.512. The van der Waals surface area contributed by atoms with Crippen molar-refractivity contribution in [2.75, 3.05) is 20.2 Å². The number of carbonyl (C=O) groups is 2. The fraction of sp³-hybridized carbons (Fsp3) is 0.304. The number of aromatic nitrogens is 3. The molecule has 4 rings (SSSR count). The Kier molecular flexibility index (Phi) is 6.18. The number of ether oxygens (including phenoxy) is 1. The Morgan fingerprint density at radius 1 is 1.10 bits per heavy atom. The zero-order chi connectivity index (χ0) is 22.0. The van der Waals surface area contributed by atoms with E-state index in [1.807, 2.05) is 31.2 Å². The standard InChI is InChI=1S/C23H23BrN4O3/c1-15-21(25-26-28(15)19-5-3-4-18(24)14-19)23(30)27-12-10-17(11-13-27)22(29)16-6-8-20(31-2)9-7-16/h3-9,14,17H,10-13H2,1-2H3. The van der Waals surface area contributed by atoms with Gasteiger partial charge < -0.3 is 9.64 Å². The smallest absolute Gasteiger partial charge is 0.276 e. The van der Waals surface area contributed by atoms with Crippen LogP contribution in [-0.2, 0) is 0 Å². The summed E-state index contributed by atoms with van der Waals surface area (Å²) in [5, 5.41) is 8.32. The third-order valence-corrected chi connectivity index (χ3v) is 6.17. The highest BCUT2D eigenvalue weighted by atomic mass is 79.9. The van der Waals surface area contributed by atoms with Crippen LogP contribution in [0.5, 0.6) is 5.75 Å². The molecule has 31 heavy (non-hydrogen) atoms. The van der Waals surface area contributed by atoms with Gasteiger partial charge in [-0.05, 0) is 62.2 Å². The fourth-order valence-electron chi connectivity index (χ4n) is 3.87. The molecule has 1 fully saturated rings. The maximum absolute atomic E-state index is 13.1. The number of benzene rings is 2. The van der Waals surface area contributed by atoms with E-state index in [-0.39, 0.29) is 17.6 Å². The van der Waals surface area contributed by atoms with Gasteiger partial charge in [-0.3, -0.25) is 9.59 Å². The molecule has 2 heterocycles. The highest BCUT2D eigenvalue weighted by molar-refractivity contribution is 9.10. The lowest BCUT2D eigenvalue weighted by Crippen LogP contribution is -2.40. The highest BCUT2D eigenvalue weighted by Gasteiger charge is 2.30.